The molecule has 0 N–H and O–H groups in total. The van der Waals surface area contributed by atoms with Gasteiger partial charge >= 0.3 is 29.8 Å². The Labute approximate surface area is 317 Å². The van der Waals surface area contributed by atoms with Gasteiger partial charge in [0.1, 0.15) is 18.1 Å². The Balaban J connectivity index is 1.48. The van der Waals surface area contributed by atoms with Gasteiger partial charge in [-0.25, -0.2) is 4.79 Å². The third kappa shape index (κ3) is 14.9. The SMILES string of the molecule is C=CC(=O)COCCCOC(=O)C1CCC(C(=O)Oc2ccc(OC(=O)C3CCC(C(=O)OCCCCOC(=O)C=C)CC3)cc2/C(C)=N/N(C)C)CC1. The van der Waals surface area contributed by atoms with Gasteiger partial charge in [-0.2, -0.15) is 5.10 Å². The highest BCUT2D eigenvalue weighted by molar-refractivity contribution is 6.02. The molecule has 0 radical (unpaired) electrons. The molecule has 14 heteroatoms. The Hall–Kier alpha value is -4.85. The van der Waals surface area contributed by atoms with E-state index < -0.39 is 23.8 Å². The number of rotatable bonds is 21. The second-order valence-corrected chi connectivity index (χ2v) is 13.6. The predicted molar refractivity (Wildman–Crippen MR) is 197 cm³/mol. The lowest BCUT2D eigenvalue weighted by Crippen LogP contribution is -2.30. The van der Waals surface area contributed by atoms with Crippen molar-refractivity contribution in [2.24, 2.45) is 28.8 Å². The second kappa shape index (κ2) is 23.0. The molecule has 2 fully saturated rings. The summed E-state index contributed by atoms with van der Waals surface area (Å²) in [6.45, 7) is 9.38. The number of benzene rings is 1. The number of carbonyl (C=O) groups is 6. The molecule has 3 rings (SSSR count). The van der Waals surface area contributed by atoms with Crippen LogP contribution in [0.2, 0.25) is 0 Å². The smallest absolute Gasteiger partial charge is 0.330 e. The maximum Gasteiger partial charge on any atom is 0.330 e. The van der Waals surface area contributed by atoms with Gasteiger partial charge in [-0.1, -0.05) is 13.2 Å². The molecule has 296 valence electrons. The zero-order valence-corrected chi connectivity index (χ0v) is 31.7. The first-order valence-electron chi connectivity index (χ1n) is 18.6. The summed E-state index contributed by atoms with van der Waals surface area (Å²) in [4.78, 5) is 73.8. The van der Waals surface area contributed by atoms with Gasteiger partial charge in [-0.15, -0.1) is 0 Å². The van der Waals surface area contributed by atoms with Crippen LogP contribution in [-0.2, 0) is 47.7 Å². The number of ether oxygens (including phenoxy) is 6. The van der Waals surface area contributed by atoms with Crippen LogP contribution in [0.25, 0.3) is 0 Å². The topological polar surface area (TPSA) is 173 Å². The molecule has 0 aromatic heterocycles. The van der Waals surface area contributed by atoms with E-state index in [2.05, 4.69) is 18.3 Å². The minimum atomic E-state index is -0.487. The predicted octanol–water partition coefficient (Wildman–Crippen LogP) is 5.15. The van der Waals surface area contributed by atoms with Gasteiger partial charge < -0.3 is 33.4 Å². The molecule has 0 saturated heterocycles. The van der Waals surface area contributed by atoms with Gasteiger partial charge in [0.15, 0.2) is 5.78 Å². The van der Waals surface area contributed by atoms with Crippen molar-refractivity contribution in [3.05, 3.63) is 49.1 Å². The van der Waals surface area contributed by atoms with Gasteiger partial charge in [-0.05, 0) is 95.4 Å². The Morgan fingerprint density at radius 1 is 0.685 bits per heavy atom. The Morgan fingerprint density at radius 3 is 1.70 bits per heavy atom. The highest BCUT2D eigenvalue weighted by Crippen LogP contribution is 2.34. The Morgan fingerprint density at radius 2 is 1.19 bits per heavy atom. The Bertz CT molecular complexity index is 1500. The molecular weight excluding hydrogens is 700 g/mol. The summed E-state index contributed by atoms with van der Waals surface area (Å²) in [5.41, 5.74) is 1.03. The second-order valence-electron chi connectivity index (χ2n) is 13.6. The molecule has 2 aliphatic carbocycles. The average Bonchev–Trinajstić information content (AvgIpc) is 3.17. The molecule has 0 bridgehead atoms. The van der Waals surface area contributed by atoms with Crippen molar-refractivity contribution in [3.8, 4) is 11.5 Å². The molecule has 1 aromatic carbocycles. The van der Waals surface area contributed by atoms with Crippen molar-refractivity contribution in [1.82, 2.24) is 5.01 Å². The lowest BCUT2D eigenvalue weighted by molar-refractivity contribution is -0.152. The zero-order chi connectivity index (χ0) is 39.5. The van der Waals surface area contributed by atoms with E-state index in [0.29, 0.717) is 88.5 Å². The molecule has 2 aliphatic rings. The molecule has 0 atom stereocenters. The quantitative estimate of drug-likeness (QED) is 0.0307. The summed E-state index contributed by atoms with van der Waals surface area (Å²) in [5, 5.41) is 6.08. The number of carbonyl (C=O) groups excluding carboxylic acids is 6. The van der Waals surface area contributed by atoms with E-state index in [9.17, 15) is 28.8 Å². The van der Waals surface area contributed by atoms with Crippen molar-refractivity contribution in [3.63, 3.8) is 0 Å². The first-order valence-corrected chi connectivity index (χ1v) is 18.6. The van der Waals surface area contributed by atoms with Crippen LogP contribution in [-0.4, -0.2) is 93.5 Å². The molecule has 0 aliphatic heterocycles. The summed E-state index contributed by atoms with van der Waals surface area (Å²) in [6, 6.07) is 4.78. The van der Waals surface area contributed by atoms with Gasteiger partial charge in [0.2, 0.25) is 0 Å². The standard InChI is InChI=1S/C40H54N2O12/c1-6-32(43)26-49-21-10-24-52-38(46)29-13-17-31(18-14-29)40(48)54-35-20-19-33(25-34(35)27(3)41-42(4)5)53-39(47)30-15-11-28(12-16-30)37(45)51-23-9-8-22-50-36(44)7-2/h6-7,19-20,25,28-31H,1-2,8-18,21-24,26H2,3-5H3/b41-27+. The number of hydrogen-bond acceptors (Lipinski definition) is 14. The molecule has 0 spiro atoms. The van der Waals surface area contributed by atoms with E-state index >= 15 is 0 Å². The summed E-state index contributed by atoms with van der Waals surface area (Å²) >= 11 is 0. The number of hydrazone groups is 1. The summed E-state index contributed by atoms with van der Waals surface area (Å²) in [5.74, 6) is -2.95. The van der Waals surface area contributed by atoms with E-state index in [1.165, 1.54) is 6.08 Å². The molecule has 54 heavy (non-hydrogen) atoms. The van der Waals surface area contributed by atoms with Crippen LogP contribution < -0.4 is 9.47 Å². The minimum Gasteiger partial charge on any atom is -0.465 e. The largest absolute Gasteiger partial charge is 0.465 e. The summed E-state index contributed by atoms with van der Waals surface area (Å²) in [7, 11) is 3.53. The third-order valence-electron chi connectivity index (χ3n) is 9.25. The molecule has 14 nitrogen and oxygen atoms in total. The number of nitrogens with zero attached hydrogens (tertiary/aromatic N) is 2. The summed E-state index contributed by atoms with van der Waals surface area (Å²) in [6.07, 6.45) is 7.79. The zero-order valence-electron chi connectivity index (χ0n) is 31.7. The van der Waals surface area contributed by atoms with Crippen molar-refractivity contribution in [2.45, 2.75) is 77.6 Å². The highest BCUT2D eigenvalue weighted by atomic mass is 16.6. The first-order chi connectivity index (χ1) is 25.9. The number of ketones is 1. The lowest BCUT2D eigenvalue weighted by atomic mass is 9.82. The van der Waals surface area contributed by atoms with Crippen molar-refractivity contribution in [1.29, 1.82) is 0 Å². The Kier molecular flexibility index (Phi) is 18.6. The minimum absolute atomic E-state index is 0.0503. The van der Waals surface area contributed by atoms with Gasteiger partial charge in [0, 0.05) is 32.2 Å². The molecule has 0 heterocycles. The number of unbranched alkanes of at least 4 members (excludes halogenated alkanes) is 1. The maximum atomic E-state index is 13.3. The molecule has 1 aromatic rings. The van der Waals surface area contributed by atoms with E-state index in [1.54, 1.807) is 44.2 Å². The molecular formula is C40H54N2O12. The molecule has 0 amide bonds. The van der Waals surface area contributed by atoms with Crippen molar-refractivity contribution in [2.75, 3.05) is 47.1 Å². The summed E-state index contributed by atoms with van der Waals surface area (Å²) < 4.78 is 32.5. The third-order valence-corrected chi connectivity index (χ3v) is 9.25. The van der Waals surface area contributed by atoms with E-state index in [-0.39, 0.29) is 73.4 Å². The number of hydrogen-bond donors (Lipinski definition) is 0. The monoisotopic (exact) mass is 754 g/mol. The maximum absolute atomic E-state index is 13.3. The number of esters is 5. The fourth-order valence-electron chi connectivity index (χ4n) is 6.23. The van der Waals surface area contributed by atoms with Crippen LogP contribution in [0.4, 0.5) is 0 Å². The van der Waals surface area contributed by atoms with Crippen LogP contribution in [0, 0.1) is 23.7 Å². The van der Waals surface area contributed by atoms with Crippen LogP contribution >= 0.6 is 0 Å². The van der Waals surface area contributed by atoms with Crippen LogP contribution in [0.5, 0.6) is 11.5 Å². The molecule has 0 unspecified atom stereocenters. The average molecular weight is 755 g/mol. The van der Waals surface area contributed by atoms with Gasteiger partial charge in [0.05, 0.1) is 55.8 Å². The fourth-order valence-corrected chi connectivity index (χ4v) is 6.23. The lowest BCUT2D eigenvalue weighted by Gasteiger charge is -2.26. The van der Waals surface area contributed by atoms with Crippen LogP contribution in [0.1, 0.15) is 83.1 Å². The van der Waals surface area contributed by atoms with Crippen molar-refractivity contribution < 1.29 is 57.2 Å². The van der Waals surface area contributed by atoms with E-state index in [4.69, 9.17) is 28.4 Å². The normalized spacial score (nSPS) is 19.8. The van der Waals surface area contributed by atoms with Gasteiger partial charge in [0.25, 0.3) is 0 Å². The van der Waals surface area contributed by atoms with E-state index in [0.717, 1.165) is 6.08 Å². The van der Waals surface area contributed by atoms with Gasteiger partial charge in [-0.3, -0.25) is 24.0 Å². The molecule has 2 saturated carbocycles. The van der Waals surface area contributed by atoms with Crippen molar-refractivity contribution >= 4 is 41.3 Å². The fraction of sp³-hybridized carbons (Fsp3) is 0.575. The first kappa shape index (κ1) is 43.6. The van der Waals surface area contributed by atoms with E-state index in [1.807, 2.05) is 0 Å². The van der Waals surface area contributed by atoms with Crippen LogP contribution in [0.3, 0.4) is 0 Å². The highest BCUT2D eigenvalue weighted by Gasteiger charge is 2.34. The van der Waals surface area contributed by atoms with Crippen LogP contribution in [0.15, 0.2) is 48.6 Å².